The first kappa shape index (κ1) is 17.6. The molecule has 1 N–H and O–H groups in total. The third kappa shape index (κ3) is 4.05. The highest BCUT2D eigenvalue weighted by atomic mass is 32.2. The molecule has 0 bridgehead atoms. The third-order valence-corrected chi connectivity index (χ3v) is 5.82. The molecule has 2 aromatic rings. The summed E-state index contributed by atoms with van der Waals surface area (Å²) in [5, 5.41) is 0. The van der Waals surface area contributed by atoms with Gasteiger partial charge in [-0.1, -0.05) is 6.07 Å². The maximum atomic E-state index is 12.5. The van der Waals surface area contributed by atoms with Crippen LogP contribution in [0.2, 0.25) is 0 Å². The van der Waals surface area contributed by atoms with Crippen molar-refractivity contribution in [2.24, 2.45) is 0 Å². The van der Waals surface area contributed by atoms with Gasteiger partial charge in [0.05, 0.1) is 4.90 Å². The average Bonchev–Trinajstić information content (AvgIpc) is 2.62. The number of hydrogen-bond donors (Lipinski definition) is 1. The summed E-state index contributed by atoms with van der Waals surface area (Å²) in [6.07, 6.45) is 5.96. The van der Waals surface area contributed by atoms with E-state index in [1.165, 1.54) is 0 Å². The van der Waals surface area contributed by atoms with Crippen LogP contribution in [0.25, 0.3) is 0 Å². The van der Waals surface area contributed by atoms with Gasteiger partial charge in [0.15, 0.2) is 0 Å². The first-order chi connectivity index (χ1) is 12.0. The van der Waals surface area contributed by atoms with Gasteiger partial charge in [-0.3, -0.25) is 9.78 Å². The summed E-state index contributed by atoms with van der Waals surface area (Å²) >= 11 is 0. The molecule has 25 heavy (non-hydrogen) atoms. The van der Waals surface area contributed by atoms with E-state index in [1.807, 2.05) is 12.1 Å². The van der Waals surface area contributed by atoms with Crippen molar-refractivity contribution in [2.45, 2.75) is 30.6 Å². The lowest BCUT2D eigenvalue weighted by molar-refractivity contribution is -0.118. The first-order valence-corrected chi connectivity index (χ1v) is 9.74. The molecule has 0 radical (unpaired) electrons. The van der Waals surface area contributed by atoms with Crippen molar-refractivity contribution in [3.05, 3.63) is 53.9 Å². The number of pyridine rings is 1. The van der Waals surface area contributed by atoms with Crippen LogP contribution in [0.1, 0.15) is 24.0 Å². The highest BCUT2D eigenvalue weighted by molar-refractivity contribution is 7.89. The number of carbonyl (C=O) groups excluding carboxylic acids is 1. The van der Waals surface area contributed by atoms with Crippen molar-refractivity contribution < 1.29 is 13.2 Å². The van der Waals surface area contributed by atoms with Crippen molar-refractivity contribution in [2.75, 3.05) is 18.5 Å². The number of aromatic nitrogens is 1. The molecule has 1 aliphatic heterocycles. The van der Waals surface area contributed by atoms with Crippen molar-refractivity contribution >= 4 is 21.6 Å². The summed E-state index contributed by atoms with van der Waals surface area (Å²) in [5.41, 5.74) is 2.76. The number of anilines is 1. The van der Waals surface area contributed by atoms with E-state index < -0.39 is 10.0 Å². The summed E-state index contributed by atoms with van der Waals surface area (Å²) in [6.45, 7) is 0.368. The maximum Gasteiger partial charge on any atom is 0.240 e. The monoisotopic (exact) mass is 359 g/mol. The number of nitrogens with zero attached hydrogens (tertiary/aromatic N) is 2. The quantitative estimate of drug-likeness (QED) is 0.799. The lowest BCUT2D eigenvalue weighted by atomic mass is 10.0. The SMILES string of the molecule is CN1C(=O)CCc2cc(S(=O)(=O)NCCCc3cccnc3)ccc21. The third-order valence-electron chi connectivity index (χ3n) is 4.36. The molecule has 0 unspecified atom stereocenters. The highest BCUT2D eigenvalue weighted by Gasteiger charge is 2.23. The number of amides is 1. The summed E-state index contributed by atoms with van der Waals surface area (Å²) < 4.78 is 27.6. The van der Waals surface area contributed by atoms with E-state index in [4.69, 9.17) is 0 Å². The molecule has 1 aliphatic rings. The molecule has 0 atom stereocenters. The van der Waals surface area contributed by atoms with Crippen LogP contribution in [0.5, 0.6) is 0 Å². The Hall–Kier alpha value is -2.25. The number of fused-ring (bicyclic) bond motifs is 1. The van der Waals surface area contributed by atoms with E-state index in [2.05, 4.69) is 9.71 Å². The van der Waals surface area contributed by atoms with Crippen LogP contribution in [0, 0.1) is 0 Å². The fourth-order valence-corrected chi connectivity index (χ4v) is 4.05. The van der Waals surface area contributed by atoms with Gasteiger partial charge in [-0.25, -0.2) is 13.1 Å². The Bertz CT molecular complexity index is 866. The largest absolute Gasteiger partial charge is 0.315 e. The van der Waals surface area contributed by atoms with Crippen molar-refractivity contribution in [1.82, 2.24) is 9.71 Å². The zero-order valence-electron chi connectivity index (χ0n) is 14.1. The Labute approximate surface area is 147 Å². The van der Waals surface area contributed by atoms with Gasteiger partial charge in [-0.05, 0) is 54.7 Å². The van der Waals surface area contributed by atoms with E-state index in [0.717, 1.165) is 23.2 Å². The molecule has 7 heteroatoms. The predicted octanol–water partition coefficient (Wildman–Crippen LogP) is 1.90. The average molecular weight is 359 g/mol. The second-order valence-electron chi connectivity index (χ2n) is 6.11. The molecule has 6 nitrogen and oxygen atoms in total. The lowest BCUT2D eigenvalue weighted by Crippen LogP contribution is -2.31. The zero-order chi connectivity index (χ0) is 17.9. The number of carbonyl (C=O) groups is 1. The number of hydrogen-bond acceptors (Lipinski definition) is 4. The van der Waals surface area contributed by atoms with Gasteiger partial charge >= 0.3 is 0 Å². The topological polar surface area (TPSA) is 79.4 Å². The van der Waals surface area contributed by atoms with Crippen LogP contribution in [0.15, 0.2) is 47.6 Å². The maximum absolute atomic E-state index is 12.5. The van der Waals surface area contributed by atoms with Crippen LogP contribution >= 0.6 is 0 Å². The second kappa shape index (κ2) is 7.33. The molecule has 0 aliphatic carbocycles. The fourth-order valence-electron chi connectivity index (χ4n) is 2.93. The Kier molecular flexibility index (Phi) is 5.15. The fraction of sp³-hybridized carbons (Fsp3) is 0.333. The van der Waals surface area contributed by atoms with Gasteiger partial charge < -0.3 is 4.90 Å². The Morgan fingerprint density at radius 1 is 1.24 bits per heavy atom. The predicted molar refractivity (Wildman–Crippen MR) is 95.9 cm³/mol. The van der Waals surface area contributed by atoms with Crippen LogP contribution in [-0.2, 0) is 27.7 Å². The molecule has 132 valence electrons. The number of rotatable bonds is 6. The number of sulfonamides is 1. The summed E-state index contributed by atoms with van der Waals surface area (Å²) in [7, 11) is -1.83. The van der Waals surface area contributed by atoms with Gasteiger partial charge in [0.1, 0.15) is 0 Å². The molecule has 0 spiro atoms. The Morgan fingerprint density at radius 3 is 2.84 bits per heavy atom. The van der Waals surface area contributed by atoms with Gasteiger partial charge in [0, 0.05) is 38.1 Å². The summed E-state index contributed by atoms with van der Waals surface area (Å²) in [4.78, 5) is 17.6. The Morgan fingerprint density at radius 2 is 2.08 bits per heavy atom. The van der Waals surface area contributed by atoms with Gasteiger partial charge in [-0.2, -0.15) is 0 Å². The number of benzene rings is 1. The number of aryl methyl sites for hydroxylation is 2. The van der Waals surface area contributed by atoms with Crippen LogP contribution in [-0.4, -0.2) is 32.9 Å². The van der Waals surface area contributed by atoms with Crippen LogP contribution in [0.4, 0.5) is 5.69 Å². The van der Waals surface area contributed by atoms with E-state index in [9.17, 15) is 13.2 Å². The molecule has 0 saturated carbocycles. The molecular formula is C18H21N3O3S. The van der Waals surface area contributed by atoms with Gasteiger partial charge in [-0.15, -0.1) is 0 Å². The van der Waals surface area contributed by atoms with Gasteiger partial charge in [0.25, 0.3) is 0 Å². The number of nitrogens with one attached hydrogen (secondary N) is 1. The molecule has 2 heterocycles. The minimum absolute atomic E-state index is 0.0524. The highest BCUT2D eigenvalue weighted by Crippen LogP contribution is 2.28. The van der Waals surface area contributed by atoms with Crippen LogP contribution < -0.4 is 9.62 Å². The molecular weight excluding hydrogens is 338 g/mol. The van der Waals surface area contributed by atoms with E-state index in [1.54, 1.807) is 42.5 Å². The molecule has 1 aromatic heterocycles. The first-order valence-electron chi connectivity index (χ1n) is 8.25. The minimum Gasteiger partial charge on any atom is -0.315 e. The van der Waals surface area contributed by atoms with Crippen molar-refractivity contribution in [3.8, 4) is 0 Å². The molecule has 0 saturated heterocycles. The molecule has 1 amide bonds. The molecule has 1 aromatic carbocycles. The van der Waals surface area contributed by atoms with Crippen molar-refractivity contribution in [1.29, 1.82) is 0 Å². The van der Waals surface area contributed by atoms with Gasteiger partial charge in [0.2, 0.25) is 15.9 Å². The zero-order valence-corrected chi connectivity index (χ0v) is 14.9. The van der Waals surface area contributed by atoms with E-state index in [-0.39, 0.29) is 10.8 Å². The van der Waals surface area contributed by atoms with E-state index in [0.29, 0.717) is 25.8 Å². The minimum atomic E-state index is -3.55. The van der Waals surface area contributed by atoms with Crippen LogP contribution in [0.3, 0.4) is 0 Å². The molecule has 0 fully saturated rings. The smallest absolute Gasteiger partial charge is 0.240 e. The Balaban J connectivity index is 1.63. The van der Waals surface area contributed by atoms with E-state index >= 15 is 0 Å². The summed E-state index contributed by atoms with van der Waals surface area (Å²) in [5.74, 6) is 0.0524. The summed E-state index contributed by atoms with van der Waals surface area (Å²) in [6, 6.07) is 8.77. The lowest BCUT2D eigenvalue weighted by Gasteiger charge is -2.26. The normalized spacial score (nSPS) is 14.4. The van der Waals surface area contributed by atoms with Crippen molar-refractivity contribution in [3.63, 3.8) is 0 Å². The standard InChI is InChI=1S/C18H21N3O3S/c1-21-17-8-7-16(12-15(17)6-9-18(21)22)25(23,24)20-11-3-5-14-4-2-10-19-13-14/h2,4,7-8,10,12-13,20H,3,5-6,9,11H2,1H3. The second-order valence-corrected chi connectivity index (χ2v) is 7.87. The molecule has 3 rings (SSSR count).